The summed E-state index contributed by atoms with van der Waals surface area (Å²) in [5, 5.41) is 3.55. The molecule has 2 saturated heterocycles. The largest absolute Gasteiger partial charge is 0.321 e. The predicted molar refractivity (Wildman–Crippen MR) is 127 cm³/mol. The third kappa shape index (κ3) is 4.63. The van der Waals surface area contributed by atoms with Crippen LogP contribution in [0.4, 0.5) is 13.6 Å². The number of benzene rings is 2. The highest BCUT2D eigenvalue weighted by Crippen LogP contribution is 2.38. The van der Waals surface area contributed by atoms with Crippen LogP contribution in [0.5, 0.6) is 0 Å². The van der Waals surface area contributed by atoms with E-state index in [1.54, 1.807) is 0 Å². The van der Waals surface area contributed by atoms with Crippen molar-refractivity contribution < 1.29 is 13.6 Å². The minimum absolute atomic E-state index is 0.0522. The van der Waals surface area contributed by atoms with Crippen molar-refractivity contribution in [1.82, 2.24) is 15.1 Å². The van der Waals surface area contributed by atoms with Crippen LogP contribution >= 0.6 is 0 Å². The number of urea groups is 1. The van der Waals surface area contributed by atoms with Gasteiger partial charge in [-0.3, -0.25) is 0 Å². The average Bonchev–Trinajstić information content (AvgIpc) is 2.99. The number of nitrogens with one attached hydrogen (secondary N) is 1. The van der Waals surface area contributed by atoms with Gasteiger partial charge < -0.3 is 15.1 Å². The summed E-state index contributed by atoms with van der Waals surface area (Å²) in [6.07, 6.45) is 2.64. The molecule has 33 heavy (non-hydrogen) atoms. The molecule has 0 aliphatic carbocycles. The Labute approximate surface area is 196 Å². The fourth-order valence-corrected chi connectivity index (χ4v) is 5.85. The zero-order valence-corrected chi connectivity index (χ0v) is 20.0. The zero-order chi connectivity index (χ0) is 23.8. The first-order valence-electron chi connectivity index (χ1n) is 12.0. The number of carbonyl (C=O) groups is 1. The van der Waals surface area contributed by atoms with Crippen LogP contribution in [0, 0.1) is 11.6 Å². The fraction of sp³-hybridized carbons (Fsp3) is 0.519. The van der Waals surface area contributed by atoms with Gasteiger partial charge in [0.15, 0.2) is 0 Å². The second-order valence-electron chi connectivity index (χ2n) is 10.2. The molecule has 2 unspecified atom stereocenters. The first kappa shape index (κ1) is 23.7. The Morgan fingerprint density at radius 3 is 2.03 bits per heavy atom. The maximum absolute atomic E-state index is 13.5. The molecule has 2 amide bonds. The molecule has 178 valence electrons. The van der Waals surface area contributed by atoms with Gasteiger partial charge in [-0.15, -0.1) is 0 Å². The van der Waals surface area contributed by atoms with Crippen LogP contribution in [0.15, 0.2) is 48.5 Å². The van der Waals surface area contributed by atoms with E-state index in [9.17, 15) is 13.6 Å². The summed E-state index contributed by atoms with van der Waals surface area (Å²) in [5.74, 6) is -0.474. The summed E-state index contributed by atoms with van der Waals surface area (Å²) in [7, 11) is 0. The standard InChI is InChI=1S/C27H35F2N3O/c1-18(2)32-26(33)31-23(16-30-17-25(31)27(32,3)4)6-5-7-24(19-8-12-21(28)13-9-19)20-10-14-22(29)15-11-20/h8-15,18,23-25,30H,5-7,16-17H2,1-4H3. The first-order valence-corrected chi connectivity index (χ1v) is 12.0. The van der Waals surface area contributed by atoms with Gasteiger partial charge in [0.2, 0.25) is 0 Å². The summed E-state index contributed by atoms with van der Waals surface area (Å²) in [5.41, 5.74) is 1.82. The van der Waals surface area contributed by atoms with E-state index in [0.717, 1.165) is 43.5 Å². The van der Waals surface area contributed by atoms with Gasteiger partial charge in [-0.1, -0.05) is 30.7 Å². The average molecular weight is 456 g/mol. The van der Waals surface area contributed by atoms with Crippen molar-refractivity contribution in [3.63, 3.8) is 0 Å². The second kappa shape index (κ2) is 9.41. The minimum Gasteiger partial charge on any atom is -0.315 e. The van der Waals surface area contributed by atoms with Crippen molar-refractivity contribution in [2.45, 2.75) is 76.5 Å². The highest BCUT2D eigenvalue weighted by Gasteiger charge is 2.55. The number of nitrogens with zero attached hydrogens (tertiary/aromatic N) is 2. The molecule has 2 aliphatic heterocycles. The maximum Gasteiger partial charge on any atom is 0.321 e. The van der Waals surface area contributed by atoms with Gasteiger partial charge in [0.1, 0.15) is 11.6 Å². The third-order valence-corrected chi connectivity index (χ3v) is 7.40. The quantitative estimate of drug-likeness (QED) is 0.596. The molecule has 0 bridgehead atoms. The van der Waals surface area contributed by atoms with Crippen molar-refractivity contribution >= 4 is 6.03 Å². The Bertz CT molecular complexity index is 913. The monoisotopic (exact) mass is 455 g/mol. The van der Waals surface area contributed by atoms with Crippen LogP contribution < -0.4 is 5.32 Å². The number of hydrogen-bond donors (Lipinski definition) is 1. The number of halogens is 2. The number of hydrogen-bond acceptors (Lipinski definition) is 2. The molecule has 0 spiro atoms. The normalized spacial score (nSPS) is 22.4. The van der Waals surface area contributed by atoms with E-state index >= 15 is 0 Å². The summed E-state index contributed by atoms with van der Waals surface area (Å²) >= 11 is 0. The summed E-state index contributed by atoms with van der Waals surface area (Å²) < 4.78 is 27.0. The number of carbonyl (C=O) groups excluding carboxylic acids is 1. The Kier molecular flexibility index (Phi) is 6.76. The van der Waals surface area contributed by atoms with Crippen molar-refractivity contribution in [3.05, 3.63) is 71.3 Å². The molecule has 2 atom stereocenters. The van der Waals surface area contributed by atoms with Gasteiger partial charge in [-0.05, 0) is 75.9 Å². The van der Waals surface area contributed by atoms with Crippen molar-refractivity contribution in [1.29, 1.82) is 0 Å². The van der Waals surface area contributed by atoms with Crippen LogP contribution in [0.1, 0.15) is 64.0 Å². The summed E-state index contributed by atoms with van der Waals surface area (Å²) in [6, 6.07) is 13.8. The lowest BCUT2D eigenvalue weighted by Gasteiger charge is -2.42. The highest BCUT2D eigenvalue weighted by atomic mass is 19.1. The highest BCUT2D eigenvalue weighted by molar-refractivity contribution is 5.80. The number of fused-ring (bicyclic) bond motifs is 1. The van der Waals surface area contributed by atoms with Crippen LogP contribution in [0.2, 0.25) is 0 Å². The topological polar surface area (TPSA) is 35.6 Å². The predicted octanol–water partition coefficient (Wildman–Crippen LogP) is 5.53. The van der Waals surface area contributed by atoms with E-state index in [2.05, 4.69) is 37.9 Å². The lowest BCUT2D eigenvalue weighted by atomic mass is 9.85. The van der Waals surface area contributed by atoms with Crippen LogP contribution in [-0.2, 0) is 0 Å². The van der Waals surface area contributed by atoms with E-state index in [1.807, 2.05) is 29.2 Å². The van der Waals surface area contributed by atoms with Gasteiger partial charge >= 0.3 is 6.03 Å². The summed E-state index contributed by atoms with van der Waals surface area (Å²) in [4.78, 5) is 17.5. The van der Waals surface area contributed by atoms with E-state index < -0.39 is 0 Å². The van der Waals surface area contributed by atoms with Crippen molar-refractivity contribution in [2.75, 3.05) is 13.1 Å². The van der Waals surface area contributed by atoms with Crippen LogP contribution in [-0.4, -0.2) is 52.6 Å². The smallest absolute Gasteiger partial charge is 0.315 e. The van der Waals surface area contributed by atoms with E-state index in [-0.39, 0.29) is 47.2 Å². The SMILES string of the molecule is CC(C)N1C(=O)N2C(CCCC(c3ccc(F)cc3)c3ccc(F)cc3)CNCC2C1(C)C. The van der Waals surface area contributed by atoms with E-state index in [0.29, 0.717) is 0 Å². The molecule has 6 heteroatoms. The van der Waals surface area contributed by atoms with Gasteiger partial charge in [-0.25, -0.2) is 13.6 Å². The fourth-order valence-electron chi connectivity index (χ4n) is 5.85. The van der Waals surface area contributed by atoms with Gasteiger partial charge in [-0.2, -0.15) is 0 Å². The van der Waals surface area contributed by atoms with Gasteiger partial charge in [0.25, 0.3) is 0 Å². The minimum atomic E-state index is -0.263. The molecule has 0 aromatic heterocycles. The lowest BCUT2D eigenvalue weighted by Crippen LogP contribution is -2.60. The molecule has 4 nitrogen and oxygen atoms in total. The zero-order valence-electron chi connectivity index (χ0n) is 20.0. The molecule has 0 radical (unpaired) electrons. The molecule has 2 aromatic carbocycles. The van der Waals surface area contributed by atoms with E-state index in [1.165, 1.54) is 24.3 Å². The molecule has 1 N–H and O–H groups in total. The second-order valence-corrected chi connectivity index (χ2v) is 10.2. The van der Waals surface area contributed by atoms with Crippen molar-refractivity contribution in [2.24, 2.45) is 0 Å². The molecule has 2 heterocycles. The number of amides is 2. The Morgan fingerprint density at radius 2 is 1.52 bits per heavy atom. The molecular formula is C27H35F2N3O. The van der Waals surface area contributed by atoms with E-state index in [4.69, 9.17) is 0 Å². The Morgan fingerprint density at radius 1 is 0.970 bits per heavy atom. The van der Waals surface area contributed by atoms with Crippen LogP contribution in [0.25, 0.3) is 0 Å². The third-order valence-electron chi connectivity index (χ3n) is 7.40. The van der Waals surface area contributed by atoms with Gasteiger partial charge in [0.05, 0.1) is 11.6 Å². The molecule has 2 fully saturated rings. The summed E-state index contributed by atoms with van der Waals surface area (Å²) in [6.45, 7) is 10.1. The van der Waals surface area contributed by atoms with Crippen molar-refractivity contribution in [3.8, 4) is 0 Å². The van der Waals surface area contributed by atoms with Crippen LogP contribution in [0.3, 0.4) is 0 Å². The first-order chi connectivity index (χ1) is 15.7. The Hall–Kier alpha value is -2.47. The lowest BCUT2D eigenvalue weighted by molar-refractivity contribution is 0.113. The molecule has 2 aromatic rings. The molecular weight excluding hydrogens is 420 g/mol. The number of rotatable bonds is 7. The molecule has 0 saturated carbocycles. The maximum atomic E-state index is 13.5. The molecule has 2 aliphatic rings. The number of piperazine rings is 1. The van der Waals surface area contributed by atoms with Gasteiger partial charge in [0, 0.05) is 31.1 Å². The molecule has 4 rings (SSSR count). The Balaban J connectivity index is 1.49.